The lowest BCUT2D eigenvalue weighted by Gasteiger charge is -2.33. The molecular formula is C10H21F3N2O. The number of hydrogen-bond donors (Lipinski definition) is 1. The van der Waals surface area contributed by atoms with Gasteiger partial charge in [-0.1, -0.05) is 13.8 Å². The summed E-state index contributed by atoms with van der Waals surface area (Å²) in [6, 6.07) is -1.58. The Labute approximate surface area is 94.7 Å². The molecule has 1 atom stereocenters. The molecule has 0 heterocycles. The highest BCUT2D eigenvalue weighted by molar-refractivity contribution is 4.80. The molecule has 1 unspecified atom stereocenters. The smallest absolute Gasteiger partial charge is 0.383 e. The first kappa shape index (κ1) is 15.7. The predicted molar refractivity (Wildman–Crippen MR) is 57.2 cm³/mol. The van der Waals surface area contributed by atoms with E-state index in [1.165, 1.54) is 12.0 Å². The Morgan fingerprint density at radius 1 is 1.31 bits per heavy atom. The van der Waals surface area contributed by atoms with Crippen molar-refractivity contribution in [3.63, 3.8) is 0 Å². The number of nitrogens with zero attached hydrogens (tertiary/aromatic N) is 1. The van der Waals surface area contributed by atoms with E-state index in [1.54, 1.807) is 0 Å². The van der Waals surface area contributed by atoms with Crippen molar-refractivity contribution in [2.75, 3.05) is 33.4 Å². The van der Waals surface area contributed by atoms with Crippen LogP contribution in [0.4, 0.5) is 13.2 Å². The molecule has 0 aromatic carbocycles. The summed E-state index contributed by atoms with van der Waals surface area (Å²) in [6.07, 6.45) is -4.28. The molecule has 0 aliphatic heterocycles. The Bertz CT molecular complexity index is 185. The molecule has 0 aromatic heterocycles. The van der Waals surface area contributed by atoms with Crippen LogP contribution in [0.25, 0.3) is 0 Å². The second-order valence-corrected chi connectivity index (χ2v) is 4.17. The summed E-state index contributed by atoms with van der Waals surface area (Å²) in [5, 5.41) is 0. The van der Waals surface area contributed by atoms with E-state index in [9.17, 15) is 13.2 Å². The summed E-state index contributed by atoms with van der Waals surface area (Å²) in [4.78, 5) is 1.34. The van der Waals surface area contributed by atoms with Gasteiger partial charge in [-0.3, -0.25) is 4.90 Å². The van der Waals surface area contributed by atoms with Crippen LogP contribution >= 0.6 is 0 Å². The van der Waals surface area contributed by atoms with E-state index < -0.39 is 18.8 Å². The summed E-state index contributed by atoms with van der Waals surface area (Å²) in [6.45, 7) is 4.23. The van der Waals surface area contributed by atoms with E-state index >= 15 is 0 Å². The molecule has 2 N–H and O–H groups in total. The van der Waals surface area contributed by atoms with Crippen LogP contribution in [-0.4, -0.2) is 50.5 Å². The van der Waals surface area contributed by atoms with Gasteiger partial charge in [0, 0.05) is 26.7 Å². The van der Waals surface area contributed by atoms with Gasteiger partial charge in [0.2, 0.25) is 0 Å². The highest BCUT2D eigenvalue weighted by Crippen LogP contribution is 2.24. The van der Waals surface area contributed by atoms with Gasteiger partial charge < -0.3 is 10.5 Å². The van der Waals surface area contributed by atoms with Crippen molar-refractivity contribution in [1.29, 1.82) is 0 Å². The summed E-state index contributed by atoms with van der Waals surface area (Å²) in [5.74, 6) is 0.160. The minimum Gasteiger partial charge on any atom is -0.383 e. The van der Waals surface area contributed by atoms with Gasteiger partial charge in [-0.05, 0) is 5.92 Å². The predicted octanol–water partition coefficient (Wildman–Crippen LogP) is 1.48. The van der Waals surface area contributed by atoms with Crippen LogP contribution in [0.3, 0.4) is 0 Å². The third-order valence-electron chi connectivity index (χ3n) is 2.22. The SMILES string of the molecule is COCCN(CC(C)C)C(CN)C(F)(F)F. The standard InChI is InChI=1S/C10H21F3N2O/c1-8(2)7-15(4-5-16-3)9(6-14)10(11,12)13/h8-9H,4-7,14H2,1-3H3. The first-order valence-corrected chi connectivity index (χ1v) is 5.32. The summed E-state index contributed by atoms with van der Waals surface area (Å²) >= 11 is 0. The number of halogens is 3. The summed E-state index contributed by atoms with van der Waals surface area (Å²) < 4.78 is 42.9. The minimum absolute atomic E-state index is 0.160. The van der Waals surface area contributed by atoms with E-state index in [4.69, 9.17) is 10.5 Å². The molecule has 3 nitrogen and oxygen atoms in total. The average molecular weight is 242 g/mol. The average Bonchev–Trinajstić information content (AvgIpc) is 2.11. The number of rotatable bonds is 7. The number of alkyl halides is 3. The molecule has 0 bridgehead atoms. The van der Waals surface area contributed by atoms with Gasteiger partial charge in [0.25, 0.3) is 0 Å². The minimum atomic E-state index is -4.28. The lowest BCUT2D eigenvalue weighted by molar-refractivity contribution is -0.183. The Balaban J connectivity index is 4.55. The van der Waals surface area contributed by atoms with Gasteiger partial charge in [-0.15, -0.1) is 0 Å². The number of methoxy groups -OCH3 is 1. The van der Waals surface area contributed by atoms with E-state index in [0.717, 1.165) is 0 Å². The fourth-order valence-electron chi connectivity index (χ4n) is 1.54. The molecule has 0 amide bonds. The number of ether oxygens (including phenoxy) is 1. The van der Waals surface area contributed by atoms with Crippen LogP contribution in [0.15, 0.2) is 0 Å². The Kier molecular flexibility index (Phi) is 6.94. The maximum Gasteiger partial charge on any atom is 0.405 e. The lowest BCUT2D eigenvalue weighted by atomic mass is 10.1. The van der Waals surface area contributed by atoms with Gasteiger partial charge in [-0.2, -0.15) is 13.2 Å². The van der Waals surface area contributed by atoms with E-state index in [1.807, 2.05) is 13.8 Å². The van der Waals surface area contributed by atoms with Gasteiger partial charge >= 0.3 is 6.18 Å². The normalized spacial score (nSPS) is 14.8. The first-order valence-electron chi connectivity index (χ1n) is 5.32. The molecule has 0 saturated heterocycles. The Morgan fingerprint density at radius 2 is 1.88 bits per heavy atom. The van der Waals surface area contributed by atoms with Crippen LogP contribution in [0.2, 0.25) is 0 Å². The lowest BCUT2D eigenvalue weighted by Crippen LogP contribution is -2.52. The zero-order valence-electron chi connectivity index (χ0n) is 10.0. The molecule has 0 saturated carbocycles. The molecule has 0 aliphatic rings. The Hall–Kier alpha value is -0.330. The van der Waals surface area contributed by atoms with Crippen molar-refractivity contribution in [3.8, 4) is 0 Å². The fraction of sp³-hybridized carbons (Fsp3) is 1.00. The van der Waals surface area contributed by atoms with Crippen molar-refractivity contribution < 1.29 is 17.9 Å². The molecule has 98 valence electrons. The molecular weight excluding hydrogens is 221 g/mol. The molecule has 0 spiro atoms. The van der Waals surface area contributed by atoms with Gasteiger partial charge in [0.15, 0.2) is 0 Å². The van der Waals surface area contributed by atoms with E-state index in [2.05, 4.69) is 0 Å². The largest absolute Gasteiger partial charge is 0.405 e. The maximum absolute atomic E-state index is 12.7. The quantitative estimate of drug-likeness (QED) is 0.735. The van der Waals surface area contributed by atoms with Crippen molar-refractivity contribution in [3.05, 3.63) is 0 Å². The zero-order valence-corrected chi connectivity index (χ0v) is 10.0. The van der Waals surface area contributed by atoms with Crippen LogP contribution in [0.1, 0.15) is 13.8 Å². The van der Waals surface area contributed by atoms with Crippen molar-refractivity contribution in [2.24, 2.45) is 11.7 Å². The molecule has 0 aromatic rings. The second-order valence-electron chi connectivity index (χ2n) is 4.17. The van der Waals surface area contributed by atoms with Crippen molar-refractivity contribution in [2.45, 2.75) is 26.1 Å². The Morgan fingerprint density at radius 3 is 2.19 bits per heavy atom. The highest BCUT2D eigenvalue weighted by atomic mass is 19.4. The summed E-state index contributed by atoms with van der Waals surface area (Å²) in [7, 11) is 1.47. The monoisotopic (exact) mass is 242 g/mol. The van der Waals surface area contributed by atoms with Gasteiger partial charge in [0.1, 0.15) is 6.04 Å². The fourth-order valence-corrected chi connectivity index (χ4v) is 1.54. The molecule has 0 fully saturated rings. The van der Waals surface area contributed by atoms with Crippen molar-refractivity contribution >= 4 is 0 Å². The molecule has 6 heteroatoms. The third kappa shape index (κ3) is 5.67. The summed E-state index contributed by atoms with van der Waals surface area (Å²) in [5.41, 5.74) is 5.20. The number of hydrogen-bond acceptors (Lipinski definition) is 3. The zero-order chi connectivity index (χ0) is 12.8. The van der Waals surface area contributed by atoms with Crippen LogP contribution in [0.5, 0.6) is 0 Å². The topological polar surface area (TPSA) is 38.5 Å². The first-order chi connectivity index (χ1) is 7.32. The molecule has 0 aliphatic carbocycles. The molecule has 0 rings (SSSR count). The number of nitrogens with two attached hydrogens (primary N) is 1. The molecule has 16 heavy (non-hydrogen) atoms. The van der Waals surface area contributed by atoms with Crippen LogP contribution in [-0.2, 0) is 4.74 Å². The molecule has 0 radical (unpaired) electrons. The third-order valence-corrected chi connectivity index (χ3v) is 2.22. The maximum atomic E-state index is 12.7. The van der Waals surface area contributed by atoms with E-state index in [0.29, 0.717) is 6.54 Å². The van der Waals surface area contributed by atoms with Gasteiger partial charge in [0.05, 0.1) is 6.61 Å². The van der Waals surface area contributed by atoms with Crippen molar-refractivity contribution in [1.82, 2.24) is 4.90 Å². The second kappa shape index (κ2) is 7.09. The van der Waals surface area contributed by atoms with E-state index in [-0.39, 0.29) is 19.1 Å². The van der Waals surface area contributed by atoms with Crippen LogP contribution < -0.4 is 5.73 Å². The van der Waals surface area contributed by atoms with Crippen LogP contribution in [0, 0.1) is 5.92 Å². The highest BCUT2D eigenvalue weighted by Gasteiger charge is 2.42. The van der Waals surface area contributed by atoms with Gasteiger partial charge in [-0.25, -0.2) is 0 Å².